The van der Waals surface area contributed by atoms with Crippen LogP contribution in [0.5, 0.6) is 0 Å². The first kappa shape index (κ1) is 9.96. The van der Waals surface area contributed by atoms with Crippen molar-refractivity contribution in [3.8, 4) is 0 Å². The van der Waals surface area contributed by atoms with Gasteiger partial charge >= 0.3 is 0 Å². The van der Waals surface area contributed by atoms with E-state index in [0.717, 1.165) is 11.0 Å². The lowest BCUT2D eigenvalue weighted by molar-refractivity contribution is -0.925. The molecule has 0 aliphatic carbocycles. The first-order valence-corrected chi connectivity index (χ1v) is 4.17. The highest BCUT2D eigenvalue weighted by atomic mass is 15.4. The minimum Gasteiger partial charge on any atom is -0.453 e. The van der Waals surface area contributed by atoms with Gasteiger partial charge in [-0.25, -0.2) is 0 Å². The summed E-state index contributed by atoms with van der Waals surface area (Å²) in [7, 11) is 4.22. The maximum absolute atomic E-state index is 4.22. The highest BCUT2D eigenvalue weighted by Crippen LogP contribution is 2.16. The predicted octanol–water partition coefficient (Wildman–Crippen LogP) is 2.43. The van der Waals surface area contributed by atoms with E-state index in [1.165, 1.54) is 0 Å². The molecule has 1 nitrogen and oxygen atoms in total. The molecule has 0 spiro atoms. The Balaban J connectivity index is 4.23. The van der Waals surface area contributed by atoms with Crippen LogP contribution in [0.25, 0.3) is 0 Å². The lowest BCUT2D eigenvalue weighted by atomic mass is 10.2. The molecule has 0 aromatic heterocycles. The number of nitrogens with zero attached hydrogens (tertiary/aromatic N) is 1. The van der Waals surface area contributed by atoms with E-state index in [1.54, 1.807) is 0 Å². The summed E-state index contributed by atoms with van der Waals surface area (Å²) < 4.78 is 0.931. The largest absolute Gasteiger partial charge is 0.453 e. The van der Waals surface area contributed by atoms with E-state index in [2.05, 4.69) is 41.7 Å². The zero-order chi connectivity index (χ0) is 8.36. The van der Waals surface area contributed by atoms with Crippen molar-refractivity contribution in [1.82, 2.24) is 0 Å². The van der Waals surface area contributed by atoms with Gasteiger partial charge in [-0.2, -0.15) is 0 Å². The van der Waals surface area contributed by atoms with Crippen molar-refractivity contribution in [3.63, 3.8) is 0 Å². The number of hydrogen-bond acceptors (Lipinski definition) is 0. The van der Waals surface area contributed by atoms with E-state index in [0.29, 0.717) is 12.1 Å². The molecule has 10 heavy (non-hydrogen) atoms. The highest BCUT2D eigenvalue weighted by Gasteiger charge is 2.20. The Morgan fingerprint density at radius 3 is 1.40 bits per heavy atom. The minimum absolute atomic E-state index is 0.630. The Morgan fingerprint density at radius 1 is 1.10 bits per heavy atom. The van der Waals surface area contributed by atoms with Gasteiger partial charge in [0.2, 0.25) is 0 Å². The maximum Gasteiger partial charge on any atom is 0.0594 e. The normalized spacial score (nSPS) is 13.2. The molecular weight excluding hydrogens is 122 g/mol. The van der Waals surface area contributed by atoms with Crippen molar-refractivity contribution in [2.75, 3.05) is 6.54 Å². The standard InChI is InChI=1S/C9H21N/c1-7-10(6,8(2)3)9(4)5/h8-9H,6-7H2,1-5H3. The lowest BCUT2D eigenvalue weighted by Gasteiger charge is -2.49. The fourth-order valence-electron chi connectivity index (χ4n) is 1.33. The first-order valence-electron chi connectivity index (χ1n) is 4.17. The van der Waals surface area contributed by atoms with Gasteiger partial charge in [-0.05, 0) is 34.6 Å². The zero-order valence-electron chi connectivity index (χ0n) is 8.02. The van der Waals surface area contributed by atoms with Crippen LogP contribution in [0.4, 0.5) is 0 Å². The van der Waals surface area contributed by atoms with Crippen molar-refractivity contribution < 1.29 is 4.48 Å². The number of hydrogen-bond donors (Lipinski definition) is 0. The molecule has 0 saturated carbocycles. The smallest absolute Gasteiger partial charge is 0.0594 e. The first-order chi connectivity index (χ1) is 4.45. The summed E-state index contributed by atoms with van der Waals surface area (Å²) >= 11 is 0. The van der Waals surface area contributed by atoms with Crippen LogP contribution in [0.1, 0.15) is 34.6 Å². The molecule has 0 aromatic carbocycles. The van der Waals surface area contributed by atoms with Crippen LogP contribution in [0.3, 0.4) is 0 Å². The molecule has 0 saturated heterocycles. The van der Waals surface area contributed by atoms with Gasteiger partial charge in [-0.15, -0.1) is 7.05 Å². The van der Waals surface area contributed by atoms with Crippen LogP contribution >= 0.6 is 0 Å². The molecule has 0 atom stereocenters. The second-order valence-electron chi connectivity index (χ2n) is 3.61. The van der Waals surface area contributed by atoms with Crippen LogP contribution in [0, 0.1) is 7.05 Å². The van der Waals surface area contributed by atoms with Crippen LogP contribution in [-0.4, -0.2) is 23.1 Å². The van der Waals surface area contributed by atoms with Gasteiger partial charge in [0.1, 0.15) is 0 Å². The monoisotopic (exact) mass is 143 g/mol. The molecule has 0 rings (SSSR count). The van der Waals surface area contributed by atoms with Crippen molar-refractivity contribution >= 4 is 0 Å². The van der Waals surface area contributed by atoms with Gasteiger partial charge in [-0.3, -0.25) is 0 Å². The van der Waals surface area contributed by atoms with Crippen molar-refractivity contribution in [2.24, 2.45) is 0 Å². The third kappa shape index (κ3) is 1.72. The summed E-state index contributed by atoms with van der Waals surface area (Å²) in [5.41, 5.74) is 0. The minimum atomic E-state index is 0.630. The second-order valence-corrected chi connectivity index (χ2v) is 3.61. The molecule has 0 N–H and O–H groups in total. The molecule has 0 amide bonds. The highest BCUT2D eigenvalue weighted by molar-refractivity contribution is 4.50. The summed E-state index contributed by atoms with van der Waals surface area (Å²) in [6, 6.07) is 1.26. The Labute approximate surface area is 65.6 Å². The van der Waals surface area contributed by atoms with E-state index in [1.807, 2.05) is 0 Å². The Morgan fingerprint density at radius 2 is 1.40 bits per heavy atom. The molecule has 0 fully saturated rings. The van der Waals surface area contributed by atoms with Crippen LogP contribution in [-0.2, 0) is 0 Å². The molecule has 0 bridgehead atoms. The average molecular weight is 143 g/mol. The van der Waals surface area contributed by atoms with Crippen LogP contribution in [0.2, 0.25) is 0 Å². The molecule has 62 valence electrons. The van der Waals surface area contributed by atoms with Gasteiger partial charge in [0.15, 0.2) is 0 Å². The maximum atomic E-state index is 4.22. The summed E-state index contributed by atoms with van der Waals surface area (Å²) in [5, 5.41) is 0. The summed E-state index contributed by atoms with van der Waals surface area (Å²) in [6.45, 7) is 12.3. The fraction of sp³-hybridized carbons (Fsp3) is 0.889. The topological polar surface area (TPSA) is 0 Å². The summed E-state index contributed by atoms with van der Waals surface area (Å²) in [4.78, 5) is 0. The third-order valence-electron chi connectivity index (χ3n) is 2.65. The SMILES string of the molecule is [CH2-][N+](CC)(C(C)C)C(C)C. The number of quaternary nitrogens is 1. The van der Waals surface area contributed by atoms with Crippen molar-refractivity contribution in [1.29, 1.82) is 0 Å². The molecular formula is C9H21N. The van der Waals surface area contributed by atoms with E-state index < -0.39 is 0 Å². The zero-order valence-corrected chi connectivity index (χ0v) is 8.02. The number of rotatable bonds is 3. The van der Waals surface area contributed by atoms with E-state index in [4.69, 9.17) is 0 Å². The Kier molecular flexibility index (Phi) is 3.37. The van der Waals surface area contributed by atoms with Crippen molar-refractivity contribution in [2.45, 2.75) is 46.7 Å². The summed E-state index contributed by atoms with van der Waals surface area (Å²) in [5.74, 6) is 0. The van der Waals surface area contributed by atoms with E-state index >= 15 is 0 Å². The Bertz CT molecular complexity index is 86.9. The lowest BCUT2D eigenvalue weighted by Crippen LogP contribution is -2.52. The quantitative estimate of drug-likeness (QED) is 0.420. The molecule has 0 aromatic rings. The van der Waals surface area contributed by atoms with E-state index in [9.17, 15) is 0 Å². The van der Waals surface area contributed by atoms with Crippen molar-refractivity contribution in [3.05, 3.63) is 7.05 Å². The molecule has 0 heterocycles. The molecule has 0 radical (unpaired) electrons. The van der Waals surface area contributed by atoms with Gasteiger partial charge in [-0.1, -0.05) is 0 Å². The van der Waals surface area contributed by atoms with Crippen LogP contribution < -0.4 is 0 Å². The van der Waals surface area contributed by atoms with Crippen LogP contribution in [0.15, 0.2) is 0 Å². The van der Waals surface area contributed by atoms with Gasteiger partial charge in [0.05, 0.1) is 18.6 Å². The molecule has 0 unspecified atom stereocenters. The van der Waals surface area contributed by atoms with Gasteiger partial charge in [0, 0.05) is 0 Å². The summed E-state index contributed by atoms with van der Waals surface area (Å²) in [6.07, 6.45) is 0. The van der Waals surface area contributed by atoms with E-state index in [-0.39, 0.29) is 0 Å². The predicted molar refractivity (Wildman–Crippen MR) is 46.4 cm³/mol. The third-order valence-corrected chi connectivity index (χ3v) is 2.65. The molecule has 1 heteroatoms. The van der Waals surface area contributed by atoms with Gasteiger partial charge < -0.3 is 4.48 Å². The average Bonchev–Trinajstić information content (AvgIpc) is 1.85. The molecule has 0 aliphatic heterocycles. The second kappa shape index (κ2) is 3.38. The van der Waals surface area contributed by atoms with Gasteiger partial charge in [0.25, 0.3) is 0 Å². The fourth-order valence-corrected chi connectivity index (χ4v) is 1.33. The Hall–Kier alpha value is -0.0400. The molecule has 0 aliphatic rings.